The van der Waals surface area contributed by atoms with Crippen molar-refractivity contribution in [1.82, 2.24) is 15.3 Å². The van der Waals surface area contributed by atoms with E-state index in [9.17, 15) is 18.0 Å². The molecule has 1 atom stereocenters. The van der Waals surface area contributed by atoms with Gasteiger partial charge in [0.15, 0.2) is 5.84 Å². The number of amidine groups is 1. The van der Waals surface area contributed by atoms with Crippen LogP contribution < -0.4 is 16.4 Å². The van der Waals surface area contributed by atoms with Crippen molar-refractivity contribution in [2.24, 2.45) is 10.7 Å². The van der Waals surface area contributed by atoms with Crippen molar-refractivity contribution in [1.29, 1.82) is 5.41 Å². The minimum Gasteiger partial charge on any atom is -0.390 e. The summed E-state index contributed by atoms with van der Waals surface area (Å²) in [5, 5.41) is 14.0. The number of carbonyl (C=O) groups is 1. The largest absolute Gasteiger partial charge is 0.416 e. The van der Waals surface area contributed by atoms with Crippen LogP contribution in [-0.4, -0.2) is 41.1 Å². The van der Waals surface area contributed by atoms with Gasteiger partial charge in [-0.15, -0.1) is 0 Å². The van der Waals surface area contributed by atoms with Gasteiger partial charge in [-0.05, 0) is 55.3 Å². The molecule has 35 heavy (non-hydrogen) atoms. The van der Waals surface area contributed by atoms with Gasteiger partial charge in [0.2, 0.25) is 0 Å². The molecule has 3 aromatic rings. The van der Waals surface area contributed by atoms with Crippen molar-refractivity contribution in [3.63, 3.8) is 0 Å². The first-order chi connectivity index (χ1) is 16.8. The second kappa shape index (κ2) is 10.1. The fraction of sp³-hybridized carbons (Fsp3) is 0.250. The lowest BCUT2D eigenvalue weighted by molar-refractivity contribution is -0.137. The van der Waals surface area contributed by atoms with Crippen LogP contribution >= 0.6 is 0 Å². The van der Waals surface area contributed by atoms with Gasteiger partial charge >= 0.3 is 6.18 Å². The Morgan fingerprint density at radius 3 is 2.66 bits per heavy atom. The summed E-state index contributed by atoms with van der Waals surface area (Å²) in [4.78, 5) is 23.6. The van der Waals surface area contributed by atoms with Crippen LogP contribution in [0.3, 0.4) is 0 Å². The number of hydrogen-bond acceptors (Lipinski definition) is 4. The highest BCUT2D eigenvalue weighted by molar-refractivity contribution is 6.06. The molecule has 1 aliphatic heterocycles. The van der Waals surface area contributed by atoms with Gasteiger partial charge in [-0.3, -0.25) is 10.2 Å². The average molecular weight is 483 g/mol. The van der Waals surface area contributed by atoms with E-state index in [4.69, 9.17) is 11.1 Å². The number of hydrogen-bond donors (Lipinski definition) is 5. The number of aromatic nitrogens is 2. The van der Waals surface area contributed by atoms with Gasteiger partial charge in [0.1, 0.15) is 5.82 Å². The van der Waals surface area contributed by atoms with Crippen LogP contribution in [0.5, 0.6) is 0 Å². The summed E-state index contributed by atoms with van der Waals surface area (Å²) in [5.41, 5.74) is 7.72. The summed E-state index contributed by atoms with van der Waals surface area (Å²) in [7, 11) is 0. The molecular weight excluding hydrogens is 459 g/mol. The Bertz CT molecular complexity index is 1240. The summed E-state index contributed by atoms with van der Waals surface area (Å²) < 4.78 is 38.7. The number of pyridine rings is 1. The first-order valence-electron chi connectivity index (χ1n) is 11.0. The molecule has 0 spiro atoms. The smallest absolute Gasteiger partial charge is 0.390 e. The van der Waals surface area contributed by atoms with E-state index in [0.29, 0.717) is 5.69 Å². The molecule has 0 radical (unpaired) electrons. The molecule has 6 N–H and O–H groups in total. The Labute approximate surface area is 199 Å². The Hall–Kier alpha value is -3.99. The predicted molar refractivity (Wildman–Crippen MR) is 128 cm³/mol. The molecule has 1 unspecified atom stereocenters. The van der Waals surface area contributed by atoms with Gasteiger partial charge in [0.25, 0.3) is 5.91 Å². The maximum Gasteiger partial charge on any atom is 0.416 e. The van der Waals surface area contributed by atoms with E-state index in [2.05, 4.69) is 25.6 Å². The SMILES string of the molecule is N=C(N=CN)c1[nH]c(C2CCCNC2)cc1-c1ccc(C(=O)Nc2cc(C(F)(F)F)ccn2)cc1. The highest BCUT2D eigenvalue weighted by atomic mass is 19.4. The number of alkyl halides is 3. The zero-order valence-corrected chi connectivity index (χ0v) is 18.6. The van der Waals surface area contributed by atoms with E-state index in [1.165, 1.54) is 0 Å². The molecule has 11 heteroatoms. The number of rotatable bonds is 5. The zero-order chi connectivity index (χ0) is 25.0. The minimum absolute atomic E-state index is 0.0186. The zero-order valence-electron chi connectivity index (χ0n) is 18.6. The number of nitrogens with one attached hydrogen (secondary N) is 4. The topological polar surface area (TPSA) is 132 Å². The third-order valence-electron chi connectivity index (χ3n) is 5.80. The molecule has 1 amide bonds. The van der Waals surface area contributed by atoms with E-state index in [0.717, 1.165) is 67.4 Å². The molecule has 2 aromatic heterocycles. The van der Waals surface area contributed by atoms with E-state index in [-0.39, 0.29) is 23.1 Å². The molecule has 182 valence electrons. The highest BCUT2D eigenvalue weighted by Gasteiger charge is 2.31. The van der Waals surface area contributed by atoms with Crippen LogP contribution in [0.15, 0.2) is 53.7 Å². The molecule has 1 aliphatic rings. The number of halogens is 3. The second-order valence-electron chi connectivity index (χ2n) is 8.14. The number of H-pyrrole nitrogens is 1. The maximum absolute atomic E-state index is 12.9. The van der Waals surface area contributed by atoms with Gasteiger partial charge in [-0.1, -0.05) is 12.1 Å². The first kappa shape index (κ1) is 24.1. The molecule has 1 saturated heterocycles. The van der Waals surface area contributed by atoms with Crippen molar-refractivity contribution in [3.8, 4) is 11.1 Å². The fourth-order valence-electron chi connectivity index (χ4n) is 4.03. The van der Waals surface area contributed by atoms with E-state index >= 15 is 0 Å². The Morgan fingerprint density at radius 2 is 2.00 bits per heavy atom. The Balaban J connectivity index is 1.57. The van der Waals surface area contributed by atoms with Crippen LogP contribution in [-0.2, 0) is 6.18 Å². The normalized spacial score (nSPS) is 16.4. The van der Waals surface area contributed by atoms with Crippen LogP contribution in [0.1, 0.15) is 46.1 Å². The minimum atomic E-state index is -4.54. The molecule has 1 aromatic carbocycles. The second-order valence-corrected chi connectivity index (χ2v) is 8.14. The van der Waals surface area contributed by atoms with Crippen LogP contribution in [0.4, 0.5) is 19.0 Å². The van der Waals surface area contributed by atoms with Crippen molar-refractivity contribution in [3.05, 3.63) is 71.2 Å². The van der Waals surface area contributed by atoms with E-state index < -0.39 is 17.6 Å². The van der Waals surface area contributed by atoms with Gasteiger partial charge in [-0.25, -0.2) is 9.98 Å². The number of nitrogens with zero attached hydrogens (tertiary/aromatic N) is 2. The summed E-state index contributed by atoms with van der Waals surface area (Å²) >= 11 is 0. The van der Waals surface area contributed by atoms with Gasteiger partial charge in [0, 0.05) is 35.5 Å². The molecule has 1 fully saturated rings. The number of nitrogens with two attached hydrogens (primary N) is 1. The van der Waals surface area contributed by atoms with Crippen molar-refractivity contribution in [2.75, 3.05) is 18.4 Å². The third kappa shape index (κ3) is 5.57. The molecule has 8 nitrogen and oxygen atoms in total. The number of aliphatic imine (C=N–C) groups is 1. The Kier molecular flexibility index (Phi) is 6.97. The van der Waals surface area contributed by atoms with E-state index in [1.807, 2.05) is 6.07 Å². The number of amides is 1. The van der Waals surface area contributed by atoms with Gasteiger partial charge in [-0.2, -0.15) is 13.2 Å². The lowest BCUT2D eigenvalue weighted by atomic mass is 9.95. The lowest BCUT2D eigenvalue weighted by Gasteiger charge is -2.21. The van der Waals surface area contributed by atoms with Gasteiger partial charge < -0.3 is 21.4 Å². The maximum atomic E-state index is 12.9. The first-order valence-corrected chi connectivity index (χ1v) is 11.0. The van der Waals surface area contributed by atoms with Crippen LogP contribution in [0.25, 0.3) is 11.1 Å². The third-order valence-corrected chi connectivity index (χ3v) is 5.80. The summed E-state index contributed by atoms with van der Waals surface area (Å²) in [6.45, 7) is 1.80. The number of piperidine rings is 1. The number of anilines is 1. The summed E-state index contributed by atoms with van der Waals surface area (Å²) in [6, 6.07) is 10.1. The number of aromatic amines is 1. The predicted octanol–water partition coefficient (Wildman–Crippen LogP) is 4.13. The molecular formula is C24H24F3N7O. The monoisotopic (exact) mass is 483 g/mol. The molecule has 0 aliphatic carbocycles. The summed E-state index contributed by atoms with van der Waals surface area (Å²) in [6.07, 6.45) is -0.413. The highest BCUT2D eigenvalue weighted by Crippen LogP contribution is 2.32. The van der Waals surface area contributed by atoms with Crippen LogP contribution in [0, 0.1) is 5.41 Å². The van der Waals surface area contributed by atoms with Crippen molar-refractivity contribution < 1.29 is 18.0 Å². The number of benzene rings is 1. The Morgan fingerprint density at radius 1 is 1.23 bits per heavy atom. The van der Waals surface area contributed by atoms with Crippen LogP contribution in [0.2, 0.25) is 0 Å². The standard InChI is InChI=1S/C24H24F3N7O/c25-24(26,27)17-7-9-31-20(10-17)34-23(35)15-5-3-14(4-6-15)18-11-19(16-2-1-8-30-12-16)33-21(18)22(29)32-13-28/h3-7,9-11,13,16,30,33H,1-2,8,12H2,(H3,28,29,32)(H,31,34,35). The molecule has 0 saturated carbocycles. The molecule has 0 bridgehead atoms. The lowest BCUT2D eigenvalue weighted by Crippen LogP contribution is -2.28. The van der Waals surface area contributed by atoms with E-state index in [1.54, 1.807) is 24.3 Å². The fourth-order valence-corrected chi connectivity index (χ4v) is 4.03. The van der Waals surface area contributed by atoms with Gasteiger partial charge in [0.05, 0.1) is 17.6 Å². The summed E-state index contributed by atoms with van der Waals surface area (Å²) in [5.74, 6) is -0.529. The van der Waals surface area contributed by atoms with Crippen molar-refractivity contribution >= 4 is 23.9 Å². The molecule has 4 rings (SSSR count). The average Bonchev–Trinajstić information content (AvgIpc) is 3.30. The van der Waals surface area contributed by atoms with Crippen molar-refractivity contribution in [2.45, 2.75) is 24.9 Å². The quantitative estimate of drug-likeness (QED) is 0.276. The number of carbonyl (C=O) groups excluding carboxylic acids is 1. The molecule has 3 heterocycles.